The number of nitrogens with zero attached hydrogens (tertiary/aromatic N) is 1. The molecule has 1 fully saturated rings. The number of hydrogen-bond acceptors (Lipinski definition) is 4. The van der Waals surface area contributed by atoms with Gasteiger partial charge in [-0.05, 0) is 43.7 Å². The summed E-state index contributed by atoms with van der Waals surface area (Å²) in [6.07, 6.45) is 0.555. The third kappa shape index (κ3) is 4.28. The van der Waals surface area contributed by atoms with Crippen LogP contribution in [-0.2, 0) is 14.8 Å². The van der Waals surface area contributed by atoms with Gasteiger partial charge in [0.15, 0.2) is 6.61 Å². The molecule has 0 radical (unpaired) electrons. The maximum absolute atomic E-state index is 12.1. The Kier molecular flexibility index (Phi) is 5.38. The average Bonchev–Trinajstić information content (AvgIpc) is 2.95. The van der Waals surface area contributed by atoms with Gasteiger partial charge in [-0.15, -0.1) is 0 Å². The molecule has 6 nitrogen and oxygen atoms in total. The highest BCUT2D eigenvalue weighted by Gasteiger charge is 2.30. The van der Waals surface area contributed by atoms with E-state index in [9.17, 15) is 13.2 Å². The number of nitrogens with one attached hydrogen (secondary N) is 1. The molecule has 1 aliphatic heterocycles. The topological polar surface area (TPSA) is 75.7 Å². The Morgan fingerprint density at radius 3 is 2.62 bits per heavy atom. The molecule has 1 saturated heterocycles. The van der Waals surface area contributed by atoms with E-state index in [1.807, 2.05) is 19.1 Å². The molecular formula is C18H19ClN2O4S. The molecule has 1 aliphatic rings. The molecule has 8 heteroatoms. The van der Waals surface area contributed by atoms with Crippen molar-refractivity contribution in [3.05, 3.63) is 53.1 Å². The van der Waals surface area contributed by atoms with Gasteiger partial charge in [0.25, 0.3) is 5.91 Å². The Morgan fingerprint density at radius 2 is 1.96 bits per heavy atom. The maximum atomic E-state index is 12.1. The lowest BCUT2D eigenvalue weighted by Crippen LogP contribution is -2.26. The minimum absolute atomic E-state index is 0.101. The number of anilines is 2. The van der Waals surface area contributed by atoms with Crippen LogP contribution in [-0.4, -0.2) is 33.2 Å². The molecular weight excluding hydrogens is 376 g/mol. The van der Waals surface area contributed by atoms with E-state index in [0.29, 0.717) is 35.1 Å². The van der Waals surface area contributed by atoms with Gasteiger partial charge < -0.3 is 10.1 Å². The highest BCUT2D eigenvalue weighted by Crippen LogP contribution is 2.33. The van der Waals surface area contributed by atoms with Gasteiger partial charge in [0, 0.05) is 12.2 Å². The maximum Gasteiger partial charge on any atom is 0.262 e. The molecule has 3 rings (SSSR count). The van der Waals surface area contributed by atoms with E-state index in [-0.39, 0.29) is 18.3 Å². The van der Waals surface area contributed by atoms with Crippen molar-refractivity contribution in [2.45, 2.75) is 13.3 Å². The fourth-order valence-electron chi connectivity index (χ4n) is 2.67. The zero-order valence-corrected chi connectivity index (χ0v) is 15.8. The van der Waals surface area contributed by atoms with Crippen molar-refractivity contribution in [1.82, 2.24) is 0 Å². The summed E-state index contributed by atoms with van der Waals surface area (Å²) in [4.78, 5) is 12.1. The Balaban J connectivity index is 1.67. The molecule has 1 amide bonds. The second-order valence-corrected chi connectivity index (χ2v) is 8.48. The average molecular weight is 395 g/mol. The molecule has 0 saturated carbocycles. The molecule has 0 spiro atoms. The van der Waals surface area contributed by atoms with Crippen LogP contribution in [0.2, 0.25) is 5.02 Å². The van der Waals surface area contributed by atoms with Crippen LogP contribution in [0.15, 0.2) is 42.5 Å². The molecule has 2 aromatic rings. The van der Waals surface area contributed by atoms with Crippen molar-refractivity contribution >= 4 is 38.9 Å². The van der Waals surface area contributed by atoms with E-state index in [1.54, 1.807) is 30.3 Å². The van der Waals surface area contributed by atoms with Gasteiger partial charge in [-0.1, -0.05) is 29.3 Å². The summed E-state index contributed by atoms with van der Waals surface area (Å²) in [5.41, 5.74) is 1.94. The SMILES string of the molecule is Cc1ccc(OCC(=O)Nc2ccc(Cl)c(N3CCCS3(=O)=O)c2)cc1. The third-order valence-electron chi connectivity index (χ3n) is 3.99. The lowest BCUT2D eigenvalue weighted by atomic mass is 10.2. The zero-order chi connectivity index (χ0) is 18.7. The Morgan fingerprint density at radius 1 is 1.23 bits per heavy atom. The summed E-state index contributed by atoms with van der Waals surface area (Å²) in [5.74, 6) is 0.360. The smallest absolute Gasteiger partial charge is 0.262 e. The number of rotatable bonds is 5. The summed E-state index contributed by atoms with van der Waals surface area (Å²) in [6.45, 7) is 2.20. The summed E-state index contributed by atoms with van der Waals surface area (Å²) < 4.78 is 30.9. The van der Waals surface area contributed by atoms with Crippen molar-refractivity contribution in [2.24, 2.45) is 0 Å². The minimum atomic E-state index is -3.35. The van der Waals surface area contributed by atoms with Crippen molar-refractivity contribution < 1.29 is 17.9 Å². The fraction of sp³-hybridized carbons (Fsp3) is 0.278. The summed E-state index contributed by atoms with van der Waals surface area (Å²) in [6, 6.07) is 12.1. The number of ether oxygens (including phenoxy) is 1. The minimum Gasteiger partial charge on any atom is -0.484 e. The monoisotopic (exact) mass is 394 g/mol. The highest BCUT2D eigenvalue weighted by atomic mass is 35.5. The lowest BCUT2D eigenvalue weighted by Gasteiger charge is -2.19. The van der Waals surface area contributed by atoms with Gasteiger partial charge >= 0.3 is 0 Å². The van der Waals surface area contributed by atoms with Crippen LogP contribution in [0.25, 0.3) is 0 Å². The van der Waals surface area contributed by atoms with Crippen LogP contribution < -0.4 is 14.4 Å². The van der Waals surface area contributed by atoms with Crippen molar-refractivity contribution in [3.8, 4) is 5.75 Å². The fourth-order valence-corrected chi connectivity index (χ4v) is 4.51. The molecule has 138 valence electrons. The van der Waals surface area contributed by atoms with E-state index in [4.69, 9.17) is 16.3 Å². The second kappa shape index (κ2) is 7.55. The van der Waals surface area contributed by atoms with Crippen LogP contribution in [0.4, 0.5) is 11.4 Å². The largest absolute Gasteiger partial charge is 0.484 e. The molecule has 0 aromatic heterocycles. The number of amides is 1. The predicted molar refractivity (Wildman–Crippen MR) is 103 cm³/mol. The number of halogens is 1. The zero-order valence-electron chi connectivity index (χ0n) is 14.2. The first-order valence-corrected chi connectivity index (χ1v) is 10.1. The molecule has 0 bridgehead atoms. The van der Waals surface area contributed by atoms with Gasteiger partial charge in [0.2, 0.25) is 10.0 Å². The molecule has 0 atom stereocenters. The first-order chi connectivity index (χ1) is 12.3. The van der Waals surface area contributed by atoms with Crippen LogP contribution in [0.3, 0.4) is 0 Å². The second-order valence-electron chi connectivity index (χ2n) is 6.06. The van der Waals surface area contributed by atoms with E-state index in [2.05, 4.69) is 5.32 Å². The number of carbonyl (C=O) groups is 1. The normalized spacial score (nSPS) is 15.7. The number of aryl methyl sites for hydroxylation is 1. The van der Waals surface area contributed by atoms with E-state index in [0.717, 1.165) is 5.56 Å². The Hall–Kier alpha value is -2.25. The van der Waals surface area contributed by atoms with Gasteiger partial charge in [-0.2, -0.15) is 0 Å². The Bertz CT molecular complexity index is 913. The molecule has 1 heterocycles. The van der Waals surface area contributed by atoms with Crippen molar-refractivity contribution in [1.29, 1.82) is 0 Å². The van der Waals surface area contributed by atoms with Crippen LogP contribution in [0, 0.1) is 6.92 Å². The molecule has 0 aliphatic carbocycles. The molecule has 2 aromatic carbocycles. The number of hydrogen-bond donors (Lipinski definition) is 1. The van der Waals surface area contributed by atoms with Crippen molar-refractivity contribution in [3.63, 3.8) is 0 Å². The summed E-state index contributed by atoms with van der Waals surface area (Å²) in [7, 11) is -3.35. The number of carbonyl (C=O) groups excluding carboxylic acids is 1. The Labute approximate surface area is 157 Å². The van der Waals surface area contributed by atoms with Gasteiger partial charge in [-0.25, -0.2) is 8.42 Å². The molecule has 26 heavy (non-hydrogen) atoms. The molecule has 0 unspecified atom stereocenters. The first-order valence-electron chi connectivity index (χ1n) is 8.14. The standard InChI is InChI=1S/C18H19ClN2O4S/c1-13-3-6-15(7-4-13)25-12-18(22)20-14-5-8-16(19)17(11-14)21-9-2-10-26(21,23)24/h3-8,11H,2,9-10,12H2,1H3,(H,20,22). The van der Waals surface area contributed by atoms with E-state index >= 15 is 0 Å². The lowest BCUT2D eigenvalue weighted by molar-refractivity contribution is -0.118. The van der Waals surface area contributed by atoms with E-state index < -0.39 is 10.0 Å². The number of sulfonamides is 1. The summed E-state index contributed by atoms with van der Waals surface area (Å²) in [5, 5.41) is 3.02. The molecule has 1 N–H and O–H groups in total. The van der Waals surface area contributed by atoms with Gasteiger partial charge in [0.05, 0.1) is 16.5 Å². The van der Waals surface area contributed by atoms with Gasteiger partial charge in [-0.3, -0.25) is 9.10 Å². The number of benzene rings is 2. The van der Waals surface area contributed by atoms with E-state index in [1.165, 1.54) is 4.31 Å². The quantitative estimate of drug-likeness (QED) is 0.844. The first kappa shape index (κ1) is 18.5. The summed E-state index contributed by atoms with van der Waals surface area (Å²) >= 11 is 6.15. The van der Waals surface area contributed by atoms with Crippen LogP contribution >= 0.6 is 11.6 Å². The third-order valence-corrected chi connectivity index (χ3v) is 6.16. The highest BCUT2D eigenvalue weighted by molar-refractivity contribution is 7.93. The van der Waals surface area contributed by atoms with Crippen molar-refractivity contribution in [2.75, 3.05) is 28.5 Å². The predicted octanol–water partition coefficient (Wildman–Crippen LogP) is 3.21. The van der Waals surface area contributed by atoms with Gasteiger partial charge in [0.1, 0.15) is 5.75 Å². The van der Waals surface area contributed by atoms with Crippen LogP contribution in [0.5, 0.6) is 5.75 Å². The van der Waals surface area contributed by atoms with Crippen LogP contribution in [0.1, 0.15) is 12.0 Å².